The number of hydrogen-bond donors (Lipinski definition) is 2. The molecule has 0 fully saturated rings. The van der Waals surface area contributed by atoms with E-state index in [-0.39, 0.29) is 17.3 Å². The molecular formula is C15H19N3O2S. The van der Waals surface area contributed by atoms with E-state index in [0.29, 0.717) is 12.2 Å². The molecule has 5 nitrogen and oxygen atoms in total. The summed E-state index contributed by atoms with van der Waals surface area (Å²) in [6.07, 6.45) is 1.96. The molecule has 0 aliphatic heterocycles. The number of benzene rings is 1. The highest BCUT2D eigenvalue weighted by atomic mass is 32.1. The average Bonchev–Trinajstić information content (AvgIpc) is 2.81. The van der Waals surface area contributed by atoms with Crippen LogP contribution < -0.4 is 15.9 Å². The second-order valence-corrected chi connectivity index (χ2v) is 5.62. The van der Waals surface area contributed by atoms with Crippen molar-refractivity contribution in [2.24, 2.45) is 0 Å². The van der Waals surface area contributed by atoms with Crippen molar-refractivity contribution >= 4 is 22.9 Å². The van der Waals surface area contributed by atoms with Crippen LogP contribution in [-0.2, 0) is 11.3 Å². The van der Waals surface area contributed by atoms with Crippen LogP contribution in [0.5, 0.6) is 0 Å². The molecule has 0 bridgehead atoms. The largest absolute Gasteiger partial charge is 0.399 e. The van der Waals surface area contributed by atoms with Gasteiger partial charge in [-0.25, -0.2) is 0 Å². The van der Waals surface area contributed by atoms with Crippen LogP contribution in [0.25, 0.3) is 11.3 Å². The molecule has 0 unspecified atom stereocenters. The average molecular weight is 305 g/mol. The number of carbonyl (C=O) groups excluding carboxylic acids is 1. The molecule has 0 aliphatic rings. The van der Waals surface area contributed by atoms with Gasteiger partial charge in [-0.15, -0.1) is 0 Å². The minimum atomic E-state index is -0.144. The van der Waals surface area contributed by atoms with E-state index in [0.717, 1.165) is 35.4 Å². The fraction of sp³-hybridized carbons (Fsp3) is 0.333. The van der Waals surface area contributed by atoms with Crippen LogP contribution in [0.3, 0.4) is 0 Å². The van der Waals surface area contributed by atoms with E-state index >= 15 is 0 Å². The zero-order valence-corrected chi connectivity index (χ0v) is 12.8. The number of unbranched alkanes of at least 4 members (excludes halogenated alkanes) is 1. The van der Waals surface area contributed by atoms with E-state index < -0.39 is 0 Å². The molecule has 2 rings (SSSR count). The third-order valence-electron chi connectivity index (χ3n) is 3.12. The Bertz CT molecular complexity index is 676. The lowest BCUT2D eigenvalue weighted by molar-refractivity contribution is -0.121. The normalized spacial score (nSPS) is 10.5. The Balaban J connectivity index is 2.19. The van der Waals surface area contributed by atoms with Gasteiger partial charge in [0.1, 0.15) is 6.54 Å². The van der Waals surface area contributed by atoms with Crippen LogP contribution in [0.1, 0.15) is 19.8 Å². The van der Waals surface area contributed by atoms with Gasteiger partial charge in [0.2, 0.25) is 5.91 Å². The first-order valence-electron chi connectivity index (χ1n) is 6.92. The van der Waals surface area contributed by atoms with Crippen molar-refractivity contribution < 1.29 is 4.79 Å². The summed E-state index contributed by atoms with van der Waals surface area (Å²) in [6, 6.07) is 7.30. The maximum atomic E-state index is 11.9. The molecule has 0 saturated carbocycles. The Morgan fingerprint density at radius 3 is 2.95 bits per heavy atom. The van der Waals surface area contributed by atoms with Crippen LogP contribution in [0.4, 0.5) is 5.69 Å². The molecule has 21 heavy (non-hydrogen) atoms. The Morgan fingerprint density at radius 1 is 1.43 bits per heavy atom. The topological polar surface area (TPSA) is 77.1 Å². The van der Waals surface area contributed by atoms with E-state index in [2.05, 4.69) is 12.2 Å². The van der Waals surface area contributed by atoms with E-state index in [1.165, 1.54) is 4.57 Å². The van der Waals surface area contributed by atoms with E-state index in [9.17, 15) is 9.59 Å². The lowest BCUT2D eigenvalue weighted by atomic mass is 10.1. The minimum Gasteiger partial charge on any atom is -0.399 e. The summed E-state index contributed by atoms with van der Waals surface area (Å²) in [5, 5.41) is 4.58. The predicted octanol–water partition coefficient (Wildman–Crippen LogP) is 2.08. The summed E-state index contributed by atoms with van der Waals surface area (Å²) >= 11 is 1.09. The molecule has 0 spiro atoms. The van der Waals surface area contributed by atoms with Crippen molar-refractivity contribution in [2.75, 3.05) is 12.3 Å². The van der Waals surface area contributed by atoms with E-state index in [4.69, 9.17) is 5.73 Å². The molecule has 0 aliphatic carbocycles. The smallest absolute Gasteiger partial charge is 0.308 e. The molecule has 0 saturated heterocycles. The van der Waals surface area contributed by atoms with Crippen molar-refractivity contribution in [3.05, 3.63) is 39.3 Å². The van der Waals surface area contributed by atoms with Gasteiger partial charge in [0, 0.05) is 23.2 Å². The highest BCUT2D eigenvalue weighted by molar-refractivity contribution is 7.07. The maximum absolute atomic E-state index is 11.9. The summed E-state index contributed by atoms with van der Waals surface area (Å²) in [7, 11) is 0. The minimum absolute atomic E-state index is 0.0379. The van der Waals surface area contributed by atoms with Gasteiger partial charge >= 0.3 is 4.87 Å². The number of nitrogens with one attached hydrogen (secondary N) is 1. The second-order valence-electron chi connectivity index (χ2n) is 4.80. The Labute approximate surface area is 127 Å². The highest BCUT2D eigenvalue weighted by Gasteiger charge is 2.12. The zero-order valence-electron chi connectivity index (χ0n) is 12.0. The van der Waals surface area contributed by atoms with Gasteiger partial charge in [-0.3, -0.25) is 14.2 Å². The summed E-state index contributed by atoms with van der Waals surface area (Å²) in [6.45, 7) is 2.74. The number of nitrogens with zero attached hydrogens (tertiary/aromatic N) is 1. The molecule has 0 atom stereocenters. The third-order valence-corrected chi connectivity index (χ3v) is 3.88. The van der Waals surface area contributed by atoms with Crippen molar-refractivity contribution in [1.82, 2.24) is 9.88 Å². The van der Waals surface area contributed by atoms with Crippen LogP contribution in [-0.4, -0.2) is 17.0 Å². The van der Waals surface area contributed by atoms with Gasteiger partial charge in [-0.05, 0) is 18.6 Å². The van der Waals surface area contributed by atoms with Gasteiger partial charge in [-0.1, -0.05) is 36.8 Å². The maximum Gasteiger partial charge on any atom is 0.308 e. The van der Waals surface area contributed by atoms with Crippen LogP contribution in [0, 0.1) is 0 Å². The molecule has 112 valence electrons. The first kappa shape index (κ1) is 15.3. The van der Waals surface area contributed by atoms with Gasteiger partial charge < -0.3 is 11.1 Å². The van der Waals surface area contributed by atoms with Crippen LogP contribution in [0.2, 0.25) is 0 Å². The van der Waals surface area contributed by atoms with Gasteiger partial charge in [-0.2, -0.15) is 0 Å². The number of nitrogen functional groups attached to an aromatic ring is 1. The van der Waals surface area contributed by atoms with Gasteiger partial charge in [0.15, 0.2) is 0 Å². The molecule has 1 amide bonds. The molecule has 1 aromatic carbocycles. The van der Waals surface area contributed by atoms with Crippen molar-refractivity contribution in [1.29, 1.82) is 0 Å². The number of anilines is 1. The first-order valence-corrected chi connectivity index (χ1v) is 7.80. The van der Waals surface area contributed by atoms with Crippen molar-refractivity contribution in [2.45, 2.75) is 26.3 Å². The molecule has 2 aromatic rings. The Kier molecular flexibility index (Phi) is 5.16. The third kappa shape index (κ3) is 3.95. The number of aromatic nitrogens is 1. The van der Waals surface area contributed by atoms with E-state index in [1.54, 1.807) is 17.5 Å². The first-order chi connectivity index (χ1) is 10.1. The number of thiazole rings is 1. The zero-order chi connectivity index (χ0) is 15.2. The number of nitrogens with two attached hydrogens (primary N) is 1. The van der Waals surface area contributed by atoms with Gasteiger partial charge in [0.25, 0.3) is 0 Å². The predicted molar refractivity (Wildman–Crippen MR) is 86.3 cm³/mol. The SMILES string of the molecule is CCCCNC(=O)Cn1c(-c2cccc(N)c2)csc1=O. The second kappa shape index (κ2) is 7.08. The molecule has 1 aromatic heterocycles. The summed E-state index contributed by atoms with van der Waals surface area (Å²) in [5.41, 5.74) is 7.97. The number of rotatable bonds is 6. The number of amides is 1. The lowest BCUT2D eigenvalue weighted by Crippen LogP contribution is -2.31. The van der Waals surface area contributed by atoms with Gasteiger partial charge in [0.05, 0.1) is 5.69 Å². The fourth-order valence-corrected chi connectivity index (χ4v) is 2.77. The fourth-order valence-electron chi connectivity index (χ4n) is 2.01. The molecule has 1 heterocycles. The van der Waals surface area contributed by atoms with Crippen LogP contribution >= 0.6 is 11.3 Å². The lowest BCUT2D eigenvalue weighted by Gasteiger charge is -2.09. The Morgan fingerprint density at radius 2 is 2.24 bits per heavy atom. The monoisotopic (exact) mass is 305 g/mol. The summed E-state index contributed by atoms with van der Waals surface area (Å²) in [4.78, 5) is 23.7. The molecule has 0 radical (unpaired) electrons. The highest BCUT2D eigenvalue weighted by Crippen LogP contribution is 2.21. The number of carbonyl (C=O) groups is 1. The summed E-state index contributed by atoms with van der Waals surface area (Å²) in [5.74, 6) is -0.144. The Hall–Kier alpha value is -2.08. The molecule has 6 heteroatoms. The standard InChI is InChI=1S/C15H19N3O2S/c1-2-3-7-17-14(19)9-18-13(10-21-15(18)20)11-5-4-6-12(16)8-11/h4-6,8,10H,2-3,7,9,16H2,1H3,(H,17,19). The molecular weight excluding hydrogens is 286 g/mol. The van der Waals surface area contributed by atoms with E-state index in [1.807, 2.05) is 12.1 Å². The molecule has 3 N–H and O–H groups in total. The van der Waals surface area contributed by atoms with Crippen LogP contribution in [0.15, 0.2) is 34.4 Å². The van der Waals surface area contributed by atoms with Crippen molar-refractivity contribution in [3.8, 4) is 11.3 Å². The number of hydrogen-bond acceptors (Lipinski definition) is 4. The summed E-state index contributed by atoms with van der Waals surface area (Å²) < 4.78 is 1.49. The quantitative estimate of drug-likeness (QED) is 0.633. The van der Waals surface area contributed by atoms with Crippen molar-refractivity contribution in [3.63, 3.8) is 0 Å².